The molecule has 0 atom stereocenters. The van der Waals surface area contributed by atoms with E-state index < -0.39 is 0 Å². The minimum absolute atomic E-state index is 0.323. The zero-order valence-electron chi connectivity index (χ0n) is 9.74. The Morgan fingerprint density at radius 3 is 1.44 bits per heavy atom. The highest BCUT2D eigenvalue weighted by Gasteiger charge is 2.04. The molecule has 0 N–H and O–H groups in total. The summed E-state index contributed by atoms with van der Waals surface area (Å²) in [6.45, 7) is 0. The SMILES string of the molecule is Sc1nnc(CCCCCCc2nnc(S)o2)o1. The molecule has 0 aromatic carbocycles. The Morgan fingerprint density at radius 1 is 0.667 bits per heavy atom. The van der Waals surface area contributed by atoms with Gasteiger partial charge in [0.1, 0.15) is 0 Å². The van der Waals surface area contributed by atoms with Crippen molar-refractivity contribution < 1.29 is 8.83 Å². The van der Waals surface area contributed by atoms with Crippen LogP contribution in [0.5, 0.6) is 0 Å². The summed E-state index contributed by atoms with van der Waals surface area (Å²) >= 11 is 7.91. The second-order valence-electron chi connectivity index (χ2n) is 3.87. The Balaban J connectivity index is 1.54. The molecule has 0 amide bonds. The highest BCUT2D eigenvalue weighted by Crippen LogP contribution is 2.11. The molecule has 0 saturated carbocycles. The van der Waals surface area contributed by atoms with Crippen LogP contribution in [0.25, 0.3) is 0 Å². The van der Waals surface area contributed by atoms with Crippen LogP contribution in [0.2, 0.25) is 0 Å². The Kier molecular flexibility index (Phi) is 5.06. The third kappa shape index (κ3) is 4.34. The van der Waals surface area contributed by atoms with E-state index in [1.165, 1.54) is 0 Å². The van der Waals surface area contributed by atoms with Gasteiger partial charge in [0.25, 0.3) is 10.4 Å². The van der Waals surface area contributed by atoms with E-state index in [0.717, 1.165) is 38.5 Å². The number of rotatable bonds is 7. The van der Waals surface area contributed by atoms with Crippen molar-refractivity contribution in [1.29, 1.82) is 0 Å². The molecule has 2 aromatic heterocycles. The highest BCUT2D eigenvalue weighted by atomic mass is 32.1. The van der Waals surface area contributed by atoms with Crippen molar-refractivity contribution in [2.24, 2.45) is 0 Å². The fourth-order valence-electron chi connectivity index (χ4n) is 1.60. The fraction of sp³-hybridized carbons (Fsp3) is 0.600. The molecule has 0 radical (unpaired) electrons. The average Bonchev–Trinajstić information content (AvgIpc) is 2.93. The molecule has 0 aliphatic heterocycles. The van der Waals surface area contributed by atoms with Crippen LogP contribution in [0.15, 0.2) is 19.3 Å². The third-order valence-electron chi connectivity index (χ3n) is 2.44. The molecule has 0 aliphatic carbocycles. The normalized spacial score (nSPS) is 11.0. The molecule has 2 aromatic rings. The molecular weight excluding hydrogens is 272 g/mol. The van der Waals surface area contributed by atoms with E-state index in [2.05, 4.69) is 45.7 Å². The first-order chi connectivity index (χ1) is 8.74. The first-order valence-corrected chi connectivity index (χ1v) is 6.66. The van der Waals surface area contributed by atoms with Gasteiger partial charge in [-0.15, -0.1) is 20.4 Å². The summed E-state index contributed by atoms with van der Waals surface area (Å²) in [6.07, 6.45) is 5.86. The summed E-state index contributed by atoms with van der Waals surface area (Å²) in [6, 6.07) is 0. The van der Waals surface area contributed by atoms with Gasteiger partial charge in [0, 0.05) is 12.8 Å². The number of unbranched alkanes of at least 4 members (excludes halogenated alkanes) is 3. The van der Waals surface area contributed by atoms with Gasteiger partial charge < -0.3 is 8.83 Å². The van der Waals surface area contributed by atoms with E-state index in [1.807, 2.05) is 0 Å². The van der Waals surface area contributed by atoms with Crippen LogP contribution in [0.3, 0.4) is 0 Å². The first kappa shape index (κ1) is 13.4. The predicted octanol–water partition coefficient (Wildman–Crippen LogP) is 2.38. The Hall–Kier alpha value is -1.02. The van der Waals surface area contributed by atoms with Gasteiger partial charge >= 0.3 is 0 Å². The lowest BCUT2D eigenvalue weighted by Crippen LogP contribution is -1.89. The maximum Gasteiger partial charge on any atom is 0.273 e. The van der Waals surface area contributed by atoms with Crippen LogP contribution < -0.4 is 0 Å². The number of nitrogens with zero attached hydrogens (tertiary/aromatic N) is 4. The molecule has 0 unspecified atom stereocenters. The van der Waals surface area contributed by atoms with Crippen LogP contribution in [0.4, 0.5) is 0 Å². The molecule has 0 aliphatic rings. The lowest BCUT2D eigenvalue weighted by Gasteiger charge is -1.97. The average molecular weight is 286 g/mol. The van der Waals surface area contributed by atoms with Crippen molar-refractivity contribution in [1.82, 2.24) is 20.4 Å². The Morgan fingerprint density at radius 2 is 1.11 bits per heavy atom. The lowest BCUT2D eigenvalue weighted by atomic mass is 10.1. The number of hydrogen-bond acceptors (Lipinski definition) is 8. The number of aryl methyl sites for hydroxylation is 2. The summed E-state index contributed by atoms with van der Waals surface area (Å²) in [4.78, 5) is 0. The quantitative estimate of drug-likeness (QED) is 0.601. The molecule has 2 rings (SSSR count). The molecule has 0 saturated heterocycles. The zero-order valence-corrected chi connectivity index (χ0v) is 11.5. The van der Waals surface area contributed by atoms with Crippen LogP contribution in [0.1, 0.15) is 37.5 Å². The Bertz CT molecular complexity index is 441. The van der Waals surface area contributed by atoms with E-state index in [1.54, 1.807) is 0 Å². The third-order valence-corrected chi connectivity index (χ3v) is 2.81. The monoisotopic (exact) mass is 286 g/mol. The van der Waals surface area contributed by atoms with Crippen LogP contribution in [-0.4, -0.2) is 20.4 Å². The minimum Gasteiger partial charge on any atom is -0.416 e. The van der Waals surface area contributed by atoms with Crippen molar-refractivity contribution in [2.75, 3.05) is 0 Å². The first-order valence-electron chi connectivity index (χ1n) is 5.77. The van der Waals surface area contributed by atoms with Crippen molar-refractivity contribution in [3.05, 3.63) is 11.8 Å². The van der Waals surface area contributed by atoms with Gasteiger partial charge in [0.05, 0.1) is 0 Å². The van der Waals surface area contributed by atoms with E-state index in [9.17, 15) is 0 Å². The predicted molar refractivity (Wildman–Crippen MR) is 69.0 cm³/mol. The molecule has 8 heteroatoms. The summed E-state index contributed by atoms with van der Waals surface area (Å²) < 4.78 is 10.3. The van der Waals surface area contributed by atoms with Gasteiger partial charge in [-0.3, -0.25) is 0 Å². The number of aromatic nitrogens is 4. The maximum atomic E-state index is 5.16. The standard InChI is InChI=1S/C10H14N4O2S2/c17-9-13-11-7(15-9)5-3-1-2-4-6-8-12-14-10(18)16-8/h1-6H2,(H,13,17)(H,14,18). The molecular formula is C10H14N4O2S2. The molecule has 0 bridgehead atoms. The largest absolute Gasteiger partial charge is 0.416 e. The summed E-state index contributed by atoms with van der Waals surface area (Å²) in [5.41, 5.74) is 0. The second kappa shape index (κ2) is 6.79. The number of thiol groups is 2. The van der Waals surface area contributed by atoms with E-state index in [4.69, 9.17) is 8.83 Å². The minimum atomic E-state index is 0.323. The lowest BCUT2D eigenvalue weighted by molar-refractivity contribution is 0.401. The summed E-state index contributed by atoms with van der Waals surface area (Å²) in [5.74, 6) is 1.30. The van der Waals surface area contributed by atoms with E-state index in [-0.39, 0.29) is 0 Å². The van der Waals surface area contributed by atoms with Crippen LogP contribution in [-0.2, 0) is 12.8 Å². The van der Waals surface area contributed by atoms with E-state index in [0.29, 0.717) is 22.2 Å². The molecule has 18 heavy (non-hydrogen) atoms. The maximum absolute atomic E-state index is 5.16. The molecule has 6 nitrogen and oxygen atoms in total. The highest BCUT2D eigenvalue weighted by molar-refractivity contribution is 7.80. The van der Waals surface area contributed by atoms with Crippen molar-refractivity contribution in [3.8, 4) is 0 Å². The molecule has 0 fully saturated rings. The van der Waals surface area contributed by atoms with Gasteiger partial charge in [-0.05, 0) is 12.8 Å². The zero-order chi connectivity index (χ0) is 12.8. The van der Waals surface area contributed by atoms with Gasteiger partial charge in [0.15, 0.2) is 0 Å². The van der Waals surface area contributed by atoms with Crippen LogP contribution >= 0.6 is 25.3 Å². The molecule has 0 spiro atoms. The smallest absolute Gasteiger partial charge is 0.273 e. The molecule has 98 valence electrons. The Labute approximate surface area is 115 Å². The number of hydrogen-bond donors (Lipinski definition) is 2. The van der Waals surface area contributed by atoms with Gasteiger partial charge in [-0.25, -0.2) is 0 Å². The van der Waals surface area contributed by atoms with E-state index >= 15 is 0 Å². The van der Waals surface area contributed by atoms with Crippen LogP contribution in [0, 0.1) is 0 Å². The fourth-order valence-corrected chi connectivity index (χ4v) is 1.90. The second-order valence-corrected chi connectivity index (χ2v) is 4.64. The summed E-state index contributed by atoms with van der Waals surface area (Å²) in [7, 11) is 0. The van der Waals surface area contributed by atoms with Gasteiger partial charge in [-0.2, -0.15) is 0 Å². The van der Waals surface area contributed by atoms with Gasteiger partial charge in [-0.1, -0.05) is 38.1 Å². The van der Waals surface area contributed by atoms with Crippen molar-refractivity contribution >= 4 is 25.3 Å². The topological polar surface area (TPSA) is 77.8 Å². The molecule has 2 heterocycles. The van der Waals surface area contributed by atoms with Crippen molar-refractivity contribution in [3.63, 3.8) is 0 Å². The van der Waals surface area contributed by atoms with Gasteiger partial charge in [0.2, 0.25) is 11.8 Å². The van der Waals surface area contributed by atoms with Crippen molar-refractivity contribution in [2.45, 2.75) is 49.0 Å². The summed E-state index contributed by atoms with van der Waals surface area (Å²) in [5, 5.41) is 15.7.